The molecule has 1 heterocycles. The van der Waals surface area contributed by atoms with Crippen LogP contribution in [0.3, 0.4) is 0 Å². The number of benzene rings is 2. The summed E-state index contributed by atoms with van der Waals surface area (Å²) >= 11 is 6.68. The zero-order valence-corrected chi connectivity index (χ0v) is 17.6. The maximum atomic E-state index is 12.7. The molecule has 3 rings (SSSR count). The van der Waals surface area contributed by atoms with Crippen LogP contribution in [0.2, 0.25) is 4.34 Å². The average Bonchev–Trinajstić information content (AvgIpc) is 3.09. The monoisotopic (exact) mass is 458 g/mol. The van der Waals surface area contributed by atoms with Gasteiger partial charge in [-0.05, 0) is 42.5 Å². The molecule has 0 aliphatic heterocycles. The minimum atomic E-state index is -3.97. The van der Waals surface area contributed by atoms with Crippen molar-refractivity contribution < 1.29 is 21.6 Å². The van der Waals surface area contributed by atoms with Crippen molar-refractivity contribution in [3.05, 3.63) is 65.0 Å². The SMILES string of the molecule is COc1ccccc1NS(=O)(=O)c1cccc(NS(=O)(=O)c2ccc(Cl)s2)c1. The molecule has 0 unspecified atom stereocenters. The lowest BCUT2D eigenvalue weighted by Gasteiger charge is -2.13. The highest BCUT2D eigenvalue weighted by atomic mass is 35.5. The first-order valence-corrected chi connectivity index (χ1v) is 11.9. The Morgan fingerprint density at radius 2 is 1.64 bits per heavy atom. The van der Waals surface area contributed by atoms with Gasteiger partial charge in [0.15, 0.2) is 0 Å². The molecule has 0 radical (unpaired) electrons. The number of hydrogen-bond acceptors (Lipinski definition) is 6. The summed E-state index contributed by atoms with van der Waals surface area (Å²) in [6, 6.07) is 14.9. The molecule has 2 aromatic carbocycles. The van der Waals surface area contributed by atoms with Crippen LogP contribution in [0.4, 0.5) is 11.4 Å². The molecule has 1 aromatic heterocycles. The second kappa shape index (κ2) is 8.00. The van der Waals surface area contributed by atoms with Crippen LogP contribution in [0.15, 0.2) is 69.8 Å². The summed E-state index contributed by atoms with van der Waals surface area (Å²) in [7, 11) is -6.41. The van der Waals surface area contributed by atoms with Crippen LogP contribution in [0.25, 0.3) is 0 Å². The van der Waals surface area contributed by atoms with Gasteiger partial charge in [0.2, 0.25) is 0 Å². The molecule has 0 aliphatic rings. The maximum Gasteiger partial charge on any atom is 0.271 e. The van der Waals surface area contributed by atoms with Crippen molar-refractivity contribution in [3.8, 4) is 5.75 Å². The van der Waals surface area contributed by atoms with Crippen molar-refractivity contribution in [1.82, 2.24) is 0 Å². The minimum absolute atomic E-state index is 0.0258. The fourth-order valence-corrected chi connectivity index (χ4v) is 5.95. The zero-order valence-electron chi connectivity index (χ0n) is 14.4. The number of ether oxygens (including phenoxy) is 1. The Bertz CT molecular complexity index is 1210. The van der Waals surface area contributed by atoms with Gasteiger partial charge in [-0.25, -0.2) is 16.8 Å². The van der Waals surface area contributed by atoms with E-state index in [9.17, 15) is 16.8 Å². The molecular formula is C17H15ClN2O5S3. The third-order valence-electron chi connectivity index (χ3n) is 3.56. The van der Waals surface area contributed by atoms with Gasteiger partial charge in [-0.2, -0.15) is 0 Å². The molecular weight excluding hydrogens is 444 g/mol. The molecule has 0 saturated carbocycles. The summed E-state index contributed by atoms with van der Waals surface area (Å²) in [6.45, 7) is 0. The van der Waals surface area contributed by atoms with Crippen LogP contribution in [0, 0.1) is 0 Å². The van der Waals surface area contributed by atoms with Crippen LogP contribution in [0.1, 0.15) is 0 Å². The van der Waals surface area contributed by atoms with Crippen molar-refractivity contribution in [2.24, 2.45) is 0 Å². The van der Waals surface area contributed by atoms with E-state index < -0.39 is 20.0 Å². The van der Waals surface area contributed by atoms with E-state index in [2.05, 4.69) is 9.44 Å². The largest absolute Gasteiger partial charge is 0.495 e. The quantitative estimate of drug-likeness (QED) is 0.557. The van der Waals surface area contributed by atoms with Crippen molar-refractivity contribution in [2.75, 3.05) is 16.6 Å². The molecule has 0 spiro atoms. The number of thiophene rings is 1. The lowest BCUT2D eigenvalue weighted by Crippen LogP contribution is -2.15. The van der Waals surface area contributed by atoms with Gasteiger partial charge in [0.25, 0.3) is 20.0 Å². The van der Waals surface area contributed by atoms with Gasteiger partial charge in [0.1, 0.15) is 9.96 Å². The summed E-state index contributed by atoms with van der Waals surface area (Å²) in [5.74, 6) is 0.359. The van der Waals surface area contributed by atoms with Gasteiger partial charge in [0, 0.05) is 0 Å². The van der Waals surface area contributed by atoms with Crippen LogP contribution in [-0.2, 0) is 20.0 Å². The van der Waals surface area contributed by atoms with Crippen molar-refractivity contribution in [1.29, 1.82) is 0 Å². The summed E-state index contributed by atoms with van der Waals surface area (Å²) in [6.07, 6.45) is 0. The summed E-state index contributed by atoms with van der Waals surface area (Å²) in [5, 5.41) is 0. The second-order valence-electron chi connectivity index (χ2n) is 5.50. The molecule has 148 valence electrons. The van der Waals surface area contributed by atoms with E-state index in [4.69, 9.17) is 16.3 Å². The van der Waals surface area contributed by atoms with Gasteiger partial charge >= 0.3 is 0 Å². The standard InChI is InChI=1S/C17H15ClN2O5S3/c1-25-15-8-3-2-7-14(15)20-27(21,22)13-6-4-5-12(11-13)19-28(23,24)17-10-9-16(18)26-17/h2-11,19-20H,1H3. The van der Waals surface area contributed by atoms with Gasteiger partial charge in [-0.3, -0.25) is 9.44 Å². The average molecular weight is 459 g/mol. The highest BCUT2D eigenvalue weighted by molar-refractivity contribution is 7.94. The highest BCUT2D eigenvalue weighted by Gasteiger charge is 2.20. The maximum absolute atomic E-state index is 12.7. The van der Waals surface area contributed by atoms with E-state index in [1.807, 2.05) is 0 Å². The van der Waals surface area contributed by atoms with E-state index in [0.717, 1.165) is 11.3 Å². The Morgan fingerprint density at radius 3 is 2.32 bits per heavy atom. The first kappa shape index (κ1) is 20.5. The first-order chi connectivity index (χ1) is 13.2. The Kier molecular flexibility index (Phi) is 5.84. The van der Waals surface area contributed by atoms with Gasteiger partial charge in [0.05, 0.1) is 27.7 Å². The molecule has 2 N–H and O–H groups in total. The molecule has 0 saturated heterocycles. The first-order valence-electron chi connectivity index (χ1n) is 7.75. The van der Waals surface area contributed by atoms with E-state index >= 15 is 0 Å². The zero-order chi connectivity index (χ0) is 20.4. The topological polar surface area (TPSA) is 102 Å². The molecule has 28 heavy (non-hydrogen) atoms. The smallest absolute Gasteiger partial charge is 0.271 e. The van der Waals surface area contributed by atoms with Gasteiger partial charge in [-0.15, -0.1) is 11.3 Å². The van der Waals surface area contributed by atoms with E-state index in [1.165, 1.54) is 43.5 Å². The molecule has 0 bridgehead atoms. The van der Waals surface area contributed by atoms with Crippen LogP contribution in [0.5, 0.6) is 5.75 Å². The van der Waals surface area contributed by atoms with E-state index in [-0.39, 0.29) is 20.5 Å². The van der Waals surface area contributed by atoms with Gasteiger partial charge in [-0.1, -0.05) is 29.8 Å². The van der Waals surface area contributed by atoms with E-state index in [0.29, 0.717) is 10.1 Å². The molecule has 7 nitrogen and oxygen atoms in total. The van der Waals surface area contributed by atoms with Crippen molar-refractivity contribution in [3.63, 3.8) is 0 Å². The Hall–Kier alpha value is -2.27. The van der Waals surface area contributed by atoms with Crippen LogP contribution >= 0.6 is 22.9 Å². The number of hydrogen-bond donors (Lipinski definition) is 2. The molecule has 11 heteroatoms. The molecule has 0 fully saturated rings. The van der Waals surface area contributed by atoms with Crippen LogP contribution in [-0.4, -0.2) is 23.9 Å². The number of anilines is 2. The predicted molar refractivity (Wildman–Crippen MR) is 110 cm³/mol. The fourth-order valence-electron chi connectivity index (χ4n) is 2.31. The number of methoxy groups -OCH3 is 1. The van der Waals surface area contributed by atoms with Crippen molar-refractivity contribution >= 4 is 54.4 Å². The normalized spacial score (nSPS) is 11.8. The van der Waals surface area contributed by atoms with E-state index in [1.54, 1.807) is 24.3 Å². The Labute approximate surface area is 172 Å². The number of rotatable bonds is 7. The molecule has 0 aliphatic carbocycles. The third kappa shape index (κ3) is 4.58. The summed E-state index contributed by atoms with van der Waals surface area (Å²) < 4.78 is 60.5. The molecule has 0 atom stereocenters. The minimum Gasteiger partial charge on any atom is -0.495 e. The van der Waals surface area contributed by atoms with Gasteiger partial charge < -0.3 is 4.74 Å². The second-order valence-corrected chi connectivity index (χ2v) is 10.8. The lowest BCUT2D eigenvalue weighted by atomic mass is 10.3. The number of halogens is 1. The van der Waals surface area contributed by atoms with Crippen molar-refractivity contribution in [2.45, 2.75) is 9.10 Å². The fraction of sp³-hybridized carbons (Fsp3) is 0.0588. The predicted octanol–water partition coefficient (Wildman–Crippen LogP) is 4.01. The lowest BCUT2D eigenvalue weighted by molar-refractivity contribution is 0.417. The summed E-state index contributed by atoms with van der Waals surface area (Å²) in [4.78, 5) is -0.109. The molecule has 3 aromatic rings. The Balaban J connectivity index is 1.88. The Morgan fingerprint density at radius 1 is 0.893 bits per heavy atom. The number of nitrogens with one attached hydrogen (secondary N) is 2. The highest BCUT2D eigenvalue weighted by Crippen LogP contribution is 2.29. The third-order valence-corrected chi connectivity index (χ3v) is 8.03. The van der Waals surface area contributed by atoms with Crippen LogP contribution < -0.4 is 14.2 Å². The summed E-state index contributed by atoms with van der Waals surface area (Å²) in [5.41, 5.74) is 0.372. The number of para-hydroxylation sites is 2. The number of sulfonamides is 2. The molecule has 0 amide bonds.